The van der Waals surface area contributed by atoms with Gasteiger partial charge in [0, 0.05) is 43.9 Å². The molecular formula is C24H29BrN2O2. The number of halogens is 1. The van der Waals surface area contributed by atoms with Crippen molar-refractivity contribution in [1.82, 2.24) is 10.2 Å². The number of nitrogens with one attached hydrogen (secondary N) is 1. The van der Waals surface area contributed by atoms with Crippen LogP contribution in [0.4, 0.5) is 0 Å². The van der Waals surface area contributed by atoms with E-state index in [1.165, 1.54) is 11.1 Å². The first-order valence-electron chi connectivity index (χ1n) is 10.6. The van der Waals surface area contributed by atoms with Gasteiger partial charge in [-0.3, -0.25) is 9.69 Å². The molecule has 2 aromatic rings. The molecule has 0 bridgehead atoms. The van der Waals surface area contributed by atoms with Gasteiger partial charge in [0.25, 0.3) is 0 Å². The molecule has 2 aliphatic heterocycles. The summed E-state index contributed by atoms with van der Waals surface area (Å²) in [6.45, 7) is 5.13. The number of nitrogens with zero attached hydrogens (tertiary/aromatic N) is 1. The van der Waals surface area contributed by atoms with Crippen LogP contribution in [-0.4, -0.2) is 43.7 Å². The SMILES string of the molecule is O=C(NCCCN1CCc2ccccc2C1)C1(c2ccc(Br)cc2)CCOCC1. The van der Waals surface area contributed by atoms with Gasteiger partial charge in [-0.15, -0.1) is 0 Å². The van der Waals surface area contributed by atoms with Crippen LogP contribution < -0.4 is 5.32 Å². The Kier molecular flexibility index (Phi) is 6.68. The van der Waals surface area contributed by atoms with Gasteiger partial charge in [0.05, 0.1) is 5.41 Å². The van der Waals surface area contributed by atoms with Gasteiger partial charge in [0.1, 0.15) is 0 Å². The zero-order chi connectivity index (χ0) is 20.1. The third kappa shape index (κ3) is 4.73. The van der Waals surface area contributed by atoms with E-state index in [4.69, 9.17) is 4.74 Å². The molecule has 0 unspecified atom stereocenters. The van der Waals surface area contributed by atoms with Crippen LogP contribution in [-0.2, 0) is 27.9 Å². The van der Waals surface area contributed by atoms with E-state index in [0.29, 0.717) is 13.2 Å². The summed E-state index contributed by atoms with van der Waals surface area (Å²) in [6.07, 6.45) is 3.57. The molecule has 1 fully saturated rings. The largest absolute Gasteiger partial charge is 0.381 e. The molecule has 1 N–H and O–H groups in total. The molecule has 4 nitrogen and oxygen atoms in total. The highest BCUT2D eigenvalue weighted by atomic mass is 79.9. The molecule has 0 radical (unpaired) electrons. The van der Waals surface area contributed by atoms with Crippen molar-refractivity contribution in [1.29, 1.82) is 0 Å². The number of benzene rings is 2. The first-order valence-corrected chi connectivity index (χ1v) is 11.4. The van der Waals surface area contributed by atoms with Crippen molar-refractivity contribution < 1.29 is 9.53 Å². The fourth-order valence-corrected chi connectivity index (χ4v) is 4.82. The maximum atomic E-state index is 13.2. The third-order valence-electron chi connectivity index (χ3n) is 6.32. The van der Waals surface area contributed by atoms with Gasteiger partial charge in [-0.05, 0) is 54.5 Å². The first-order chi connectivity index (χ1) is 14.2. The molecule has 0 aromatic heterocycles. The quantitative estimate of drug-likeness (QED) is 0.666. The zero-order valence-corrected chi connectivity index (χ0v) is 18.4. The summed E-state index contributed by atoms with van der Waals surface area (Å²) in [5, 5.41) is 3.23. The molecule has 0 aliphatic carbocycles. The number of fused-ring (bicyclic) bond motifs is 1. The molecular weight excluding hydrogens is 428 g/mol. The highest BCUT2D eigenvalue weighted by Crippen LogP contribution is 2.35. The lowest BCUT2D eigenvalue weighted by atomic mass is 9.73. The number of rotatable bonds is 6. The predicted molar refractivity (Wildman–Crippen MR) is 119 cm³/mol. The number of hydrogen-bond acceptors (Lipinski definition) is 3. The molecule has 2 heterocycles. The van der Waals surface area contributed by atoms with Crippen LogP contribution in [0.1, 0.15) is 36.0 Å². The Bertz CT molecular complexity index is 831. The minimum Gasteiger partial charge on any atom is -0.381 e. The summed E-state index contributed by atoms with van der Waals surface area (Å²) >= 11 is 3.49. The van der Waals surface area contributed by atoms with E-state index < -0.39 is 5.41 Å². The molecule has 4 rings (SSSR count). The van der Waals surface area contributed by atoms with Gasteiger partial charge in [-0.1, -0.05) is 52.3 Å². The van der Waals surface area contributed by atoms with Crippen LogP contribution >= 0.6 is 15.9 Å². The second-order valence-corrected chi connectivity index (χ2v) is 9.02. The van der Waals surface area contributed by atoms with Crippen molar-refractivity contribution in [2.75, 3.05) is 32.8 Å². The van der Waals surface area contributed by atoms with E-state index in [2.05, 4.69) is 62.5 Å². The fourth-order valence-electron chi connectivity index (χ4n) is 4.55. The Morgan fingerprint density at radius 2 is 1.79 bits per heavy atom. The summed E-state index contributed by atoms with van der Waals surface area (Å²) in [4.78, 5) is 15.7. The predicted octanol–water partition coefficient (Wildman–Crippen LogP) is 4.06. The van der Waals surface area contributed by atoms with Crippen molar-refractivity contribution in [3.63, 3.8) is 0 Å². The van der Waals surface area contributed by atoms with Crippen LogP contribution in [0.2, 0.25) is 0 Å². The van der Waals surface area contributed by atoms with Crippen LogP contribution in [0.5, 0.6) is 0 Å². The molecule has 5 heteroatoms. The van der Waals surface area contributed by atoms with E-state index in [0.717, 1.165) is 61.9 Å². The van der Waals surface area contributed by atoms with Crippen LogP contribution in [0.3, 0.4) is 0 Å². The topological polar surface area (TPSA) is 41.6 Å². The molecule has 1 saturated heterocycles. The smallest absolute Gasteiger partial charge is 0.230 e. The van der Waals surface area contributed by atoms with Gasteiger partial charge in [0.15, 0.2) is 0 Å². The molecule has 154 valence electrons. The van der Waals surface area contributed by atoms with Crippen LogP contribution in [0.25, 0.3) is 0 Å². The van der Waals surface area contributed by atoms with Crippen LogP contribution in [0.15, 0.2) is 53.0 Å². The Hall–Kier alpha value is -1.69. The number of carbonyl (C=O) groups excluding carboxylic acids is 1. The third-order valence-corrected chi connectivity index (χ3v) is 6.85. The van der Waals surface area contributed by atoms with Gasteiger partial charge in [0.2, 0.25) is 5.91 Å². The summed E-state index contributed by atoms with van der Waals surface area (Å²) in [5.74, 6) is 0.145. The maximum absolute atomic E-state index is 13.2. The molecule has 0 atom stereocenters. The van der Waals surface area contributed by atoms with E-state index in [1.807, 2.05) is 12.1 Å². The van der Waals surface area contributed by atoms with Crippen molar-refractivity contribution in [3.8, 4) is 0 Å². The number of amides is 1. The highest BCUT2D eigenvalue weighted by Gasteiger charge is 2.41. The lowest BCUT2D eigenvalue weighted by Crippen LogP contribution is -2.48. The second-order valence-electron chi connectivity index (χ2n) is 8.11. The van der Waals surface area contributed by atoms with E-state index in [-0.39, 0.29) is 5.91 Å². The summed E-state index contributed by atoms with van der Waals surface area (Å²) < 4.78 is 6.59. The van der Waals surface area contributed by atoms with Gasteiger partial charge in [-0.2, -0.15) is 0 Å². The first kappa shape index (κ1) is 20.6. The standard InChI is InChI=1S/C24H29BrN2O2/c25-22-8-6-21(7-9-22)24(11-16-29-17-12-24)23(28)26-13-3-14-27-15-10-19-4-1-2-5-20(19)18-27/h1-2,4-9H,3,10-18H2,(H,26,28). The van der Waals surface area contributed by atoms with E-state index in [1.54, 1.807) is 0 Å². The summed E-state index contributed by atoms with van der Waals surface area (Å²) in [6, 6.07) is 16.9. The lowest BCUT2D eigenvalue weighted by Gasteiger charge is -2.36. The molecule has 1 amide bonds. The lowest BCUT2D eigenvalue weighted by molar-refractivity contribution is -0.130. The Balaban J connectivity index is 1.31. The van der Waals surface area contributed by atoms with Crippen molar-refractivity contribution in [2.45, 2.75) is 37.6 Å². The van der Waals surface area contributed by atoms with E-state index >= 15 is 0 Å². The monoisotopic (exact) mass is 456 g/mol. The Morgan fingerprint density at radius 1 is 1.07 bits per heavy atom. The Labute approximate surface area is 181 Å². The van der Waals surface area contributed by atoms with E-state index in [9.17, 15) is 4.79 Å². The number of hydrogen-bond donors (Lipinski definition) is 1. The average molecular weight is 457 g/mol. The van der Waals surface area contributed by atoms with Crippen LogP contribution in [0, 0.1) is 0 Å². The zero-order valence-electron chi connectivity index (χ0n) is 16.8. The molecule has 0 spiro atoms. The molecule has 29 heavy (non-hydrogen) atoms. The minimum atomic E-state index is -0.469. The molecule has 2 aliphatic rings. The highest BCUT2D eigenvalue weighted by molar-refractivity contribution is 9.10. The van der Waals surface area contributed by atoms with Gasteiger partial charge < -0.3 is 10.1 Å². The number of carbonyl (C=O) groups is 1. The van der Waals surface area contributed by atoms with Gasteiger partial charge in [-0.25, -0.2) is 0 Å². The van der Waals surface area contributed by atoms with Crippen molar-refractivity contribution in [2.24, 2.45) is 0 Å². The fraction of sp³-hybridized carbons (Fsp3) is 0.458. The number of ether oxygens (including phenoxy) is 1. The van der Waals surface area contributed by atoms with Crippen molar-refractivity contribution >= 4 is 21.8 Å². The van der Waals surface area contributed by atoms with Gasteiger partial charge >= 0.3 is 0 Å². The molecule has 2 aromatic carbocycles. The second kappa shape index (κ2) is 9.41. The van der Waals surface area contributed by atoms with Crippen molar-refractivity contribution in [3.05, 3.63) is 69.7 Å². The summed E-state index contributed by atoms with van der Waals surface area (Å²) in [5.41, 5.74) is 3.55. The maximum Gasteiger partial charge on any atom is 0.230 e. The minimum absolute atomic E-state index is 0.145. The average Bonchev–Trinajstić information content (AvgIpc) is 2.77. The Morgan fingerprint density at radius 3 is 2.55 bits per heavy atom. The normalized spacial score (nSPS) is 18.8. The molecule has 0 saturated carbocycles. The summed E-state index contributed by atoms with van der Waals surface area (Å²) in [7, 11) is 0.